The monoisotopic (exact) mass is 364 g/mol. The number of carbonyl (C=O) groups is 2. The molecule has 1 saturated heterocycles. The SMILES string of the molecule is O=C1CN(c2ccccc2)C(=O)N1CCOc1ccc(Cl)cc1Cl. The molecule has 5 nitrogen and oxygen atoms in total. The maximum Gasteiger partial charge on any atom is 0.331 e. The van der Waals surface area contributed by atoms with E-state index in [1.54, 1.807) is 30.3 Å². The van der Waals surface area contributed by atoms with Gasteiger partial charge in [0.25, 0.3) is 5.91 Å². The lowest BCUT2D eigenvalue weighted by molar-refractivity contribution is -0.125. The molecule has 3 rings (SSSR count). The van der Waals surface area contributed by atoms with Gasteiger partial charge in [0.15, 0.2) is 0 Å². The highest BCUT2D eigenvalue weighted by Gasteiger charge is 2.36. The molecule has 0 aliphatic carbocycles. The minimum atomic E-state index is -0.350. The lowest BCUT2D eigenvalue weighted by Crippen LogP contribution is -2.36. The number of carbonyl (C=O) groups excluding carboxylic acids is 2. The molecule has 124 valence electrons. The van der Waals surface area contributed by atoms with Gasteiger partial charge in [0.05, 0.1) is 11.6 Å². The summed E-state index contributed by atoms with van der Waals surface area (Å²) in [5.74, 6) is 0.203. The van der Waals surface area contributed by atoms with Crippen molar-refractivity contribution in [2.24, 2.45) is 0 Å². The van der Waals surface area contributed by atoms with Crippen molar-refractivity contribution in [3.8, 4) is 5.75 Å². The summed E-state index contributed by atoms with van der Waals surface area (Å²) in [6, 6.07) is 13.6. The highest BCUT2D eigenvalue weighted by atomic mass is 35.5. The highest BCUT2D eigenvalue weighted by molar-refractivity contribution is 6.35. The second kappa shape index (κ2) is 7.11. The average molecular weight is 365 g/mol. The molecule has 1 aliphatic rings. The van der Waals surface area contributed by atoms with Gasteiger partial charge in [-0.15, -0.1) is 0 Å². The van der Waals surface area contributed by atoms with Crippen LogP contribution in [0.1, 0.15) is 0 Å². The van der Waals surface area contributed by atoms with Crippen molar-refractivity contribution in [1.82, 2.24) is 4.90 Å². The molecule has 0 spiro atoms. The normalized spacial score (nSPS) is 14.4. The van der Waals surface area contributed by atoms with Gasteiger partial charge in [0, 0.05) is 10.7 Å². The highest BCUT2D eigenvalue weighted by Crippen LogP contribution is 2.27. The predicted molar refractivity (Wildman–Crippen MR) is 92.9 cm³/mol. The fourth-order valence-electron chi connectivity index (χ4n) is 2.41. The van der Waals surface area contributed by atoms with E-state index in [0.29, 0.717) is 21.5 Å². The fourth-order valence-corrected chi connectivity index (χ4v) is 2.87. The fraction of sp³-hybridized carbons (Fsp3) is 0.176. The van der Waals surface area contributed by atoms with E-state index in [4.69, 9.17) is 27.9 Å². The van der Waals surface area contributed by atoms with E-state index in [0.717, 1.165) is 0 Å². The lowest BCUT2D eigenvalue weighted by Gasteiger charge is -2.17. The van der Waals surface area contributed by atoms with Gasteiger partial charge in [0.1, 0.15) is 18.9 Å². The molecule has 0 radical (unpaired) electrons. The van der Waals surface area contributed by atoms with Crippen molar-refractivity contribution in [2.45, 2.75) is 0 Å². The van der Waals surface area contributed by atoms with E-state index < -0.39 is 0 Å². The van der Waals surface area contributed by atoms with Crippen LogP contribution in [-0.2, 0) is 4.79 Å². The summed E-state index contributed by atoms with van der Waals surface area (Å²) in [6.45, 7) is 0.339. The number of anilines is 1. The summed E-state index contributed by atoms with van der Waals surface area (Å²) in [4.78, 5) is 27.1. The molecular formula is C17H14Cl2N2O3. The number of amides is 3. The van der Waals surface area contributed by atoms with Gasteiger partial charge in [-0.2, -0.15) is 0 Å². The summed E-state index contributed by atoms with van der Waals surface area (Å²) in [7, 11) is 0. The van der Waals surface area contributed by atoms with Gasteiger partial charge in [0.2, 0.25) is 0 Å². The molecule has 1 aliphatic heterocycles. The van der Waals surface area contributed by atoms with E-state index in [-0.39, 0.29) is 31.6 Å². The Hall–Kier alpha value is -2.24. The van der Waals surface area contributed by atoms with Crippen LogP contribution in [0.5, 0.6) is 5.75 Å². The van der Waals surface area contributed by atoms with Crippen LogP contribution in [0.25, 0.3) is 0 Å². The first-order valence-corrected chi connectivity index (χ1v) is 8.06. The number of benzene rings is 2. The van der Waals surface area contributed by atoms with E-state index in [1.807, 2.05) is 18.2 Å². The molecule has 1 heterocycles. The minimum Gasteiger partial charge on any atom is -0.490 e. The quantitative estimate of drug-likeness (QED) is 0.757. The molecule has 2 aromatic rings. The van der Waals surface area contributed by atoms with Crippen molar-refractivity contribution in [3.05, 3.63) is 58.6 Å². The molecule has 7 heteroatoms. The number of nitrogens with zero attached hydrogens (tertiary/aromatic N) is 2. The van der Waals surface area contributed by atoms with Crippen LogP contribution in [0.15, 0.2) is 48.5 Å². The number of ether oxygens (including phenoxy) is 1. The molecule has 0 aromatic heterocycles. The Bertz CT molecular complexity index is 768. The topological polar surface area (TPSA) is 49.9 Å². The van der Waals surface area contributed by atoms with Gasteiger partial charge < -0.3 is 4.74 Å². The Morgan fingerprint density at radius 1 is 1.04 bits per heavy atom. The molecule has 1 fully saturated rings. The van der Waals surface area contributed by atoms with E-state index in [1.165, 1.54) is 9.80 Å². The van der Waals surface area contributed by atoms with Gasteiger partial charge in [-0.1, -0.05) is 41.4 Å². The summed E-state index contributed by atoms with van der Waals surface area (Å²) in [5, 5.41) is 0.892. The predicted octanol–water partition coefficient (Wildman–Crippen LogP) is 3.84. The first-order chi connectivity index (χ1) is 11.6. The van der Waals surface area contributed by atoms with Gasteiger partial charge >= 0.3 is 6.03 Å². The molecule has 24 heavy (non-hydrogen) atoms. The zero-order chi connectivity index (χ0) is 17.1. The second-order valence-electron chi connectivity index (χ2n) is 5.17. The average Bonchev–Trinajstić information content (AvgIpc) is 2.85. The van der Waals surface area contributed by atoms with E-state index in [2.05, 4.69) is 0 Å². The van der Waals surface area contributed by atoms with Crippen molar-refractivity contribution in [2.75, 3.05) is 24.6 Å². The largest absolute Gasteiger partial charge is 0.490 e. The second-order valence-corrected chi connectivity index (χ2v) is 6.02. The maximum absolute atomic E-state index is 12.4. The summed E-state index contributed by atoms with van der Waals surface area (Å²) < 4.78 is 5.54. The van der Waals surface area contributed by atoms with E-state index >= 15 is 0 Å². The third kappa shape index (κ3) is 3.47. The Labute approximate surface area is 149 Å². The number of rotatable bonds is 5. The molecular weight excluding hydrogens is 351 g/mol. The number of imide groups is 1. The van der Waals surface area contributed by atoms with Crippen LogP contribution in [0.3, 0.4) is 0 Å². The van der Waals surface area contributed by atoms with Crippen molar-refractivity contribution in [1.29, 1.82) is 0 Å². The van der Waals surface area contributed by atoms with Crippen molar-refractivity contribution in [3.63, 3.8) is 0 Å². The number of halogens is 2. The smallest absolute Gasteiger partial charge is 0.331 e. The molecule has 3 amide bonds. The standard InChI is InChI=1S/C17H14Cl2N2O3/c18-12-6-7-15(14(19)10-12)24-9-8-20-16(22)11-21(17(20)23)13-4-2-1-3-5-13/h1-7,10H,8-9,11H2. The summed E-state index contributed by atoms with van der Waals surface area (Å²) in [5.41, 5.74) is 0.694. The zero-order valence-corrected chi connectivity index (χ0v) is 14.1. The zero-order valence-electron chi connectivity index (χ0n) is 12.6. The van der Waals surface area contributed by atoms with Crippen LogP contribution in [0, 0.1) is 0 Å². The number of para-hydroxylation sites is 1. The van der Waals surface area contributed by atoms with E-state index in [9.17, 15) is 9.59 Å². The maximum atomic E-state index is 12.4. The molecule has 0 bridgehead atoms. The Balaban J connectivity index is 1.61. The Morgan fingerprint density at radius 3 is 2.50 bits per heavy atom. The third-order valence-corrected chi connectivity index (χ3v) is 4.12. The van der Waals surface area contributed by atoms with Gasteiger partial charge in [-0.3, -0.25) is 14.6 Å². The van der Waals surface area contributed by atoms with Crippen molar-refractivity contribution < 1.29 is 14.3 Å². The minimum absolute atomic E-state index is 0.0323. The van der Waals surface area contributed by atoms with Crippen LogP contribution >= 0.6 is 23.2 Å². The molecule has 0 N–H and O–H groups in total. The summed E-state index contributed by atoms with van der Waals surface area (Å²) >= 11 is 11.8. The van der Waals surface area contributed by atoms with Crippen LogP contribution in [0.2, 0.25) is 10.0 Å². The number of urea groups is 1. The lowest BCUT2D eigenvalue weighted by atomic mass is 10.3. The molecule has 0 saturated carbocycles. The number of hydrogen-bond acceptors (Lipinski definition) is 3. The van der Waals surface area contributed by atoms with Crippen LogP contribution < -0.4 is 9.64 Å². The number of hydrogen-bond donors (Lipinski definition) is 0. The van der Waals surface area contributed by atoms with Crippen LogP contribution in [-0.4, -0.2) is 36.5 Å². The molecule has 0 atom stereocenters. The molecule has 0 unspecified atom stereocenters. The van der Waals surface area contributed by atoms with Gasteiger partial charge in [-0.25, -0.2) is 4.79 Å². The van der Waals surface area contributed by atoms with Gasteiger partial charge in [-0.05, 0) is 30.3 Å². The Kier molecular flexibility index (Phi) is 4.92. The first-order valence-electron chi connectivity index (χ1n) is 7.31. The first kappa shape index (κ1) is 16.6. The Morgan fingerprint density at radius 2 is 1.79 bits per heavy atom. The molecule has 2 aromatic carbocycles. The van der Waals surface area contributed by atoms with Crippen LogP contribution in [0.4, 0.5) is 10.5 Å². The third-order valence-electron chi connectivity index (χ3n) is 3.59. The van der Waals surface area contributed by atoms with Crippen molar-refractivity contribution >= 4 is 40.8 Å². The summed E-state index contributed by atoms with van der Waals surface area (Å²) in [6.07, 6.45) is 0.